The number of ketones is 1. The van der Waals surface area contributed by atoms with Gasteiger partial charge in [0.15, 0.2) is 9.84 Å². The Kier molecular flexibility index (Phi) is 5.43. The highest BCUT2D eigenvalue weighted by atomic mass is 32.2. The van der Waals surface area contributed by atoms with E-state index in [1.54, 1.807) is 0 Å². The van der Waals surface area contributed by atoms with E-state index in [1.165, 1.54) is 24.3 Å². The topological polar surface area (TPSA) is 68.3 Å². The molecule has 1 rings (SSSR count). The monoisotopic (exact) mass is 302 g/mol. The fourth-order valence-corrected chi connectivity index (χ4v) is 3.20. The van der Waals surface area contributed by atoms with Gasteiger partial charge in [0.1, 0.15) is 5.78 Å². The Hall–Kier alpha value is -1.01. The molecule has 2 unspecified atom stereocenters. The van der Waals surface area contributed by atoms with E-state index >= 15 is 0 Å². The van der Waals surface area contributed by atoms with Crippen LogP contribution in [0.15, 0.2) is 34.1 Å². The minimum Gasteiger partial charge on any atom is -0.298 e. The van der Waals surface area contributed by atoms with Crippen LogP contribution in [0.2, 0.25) is 0 Å². The highest BCUT2D eigenvalue weighted by Gasteiger charge is 2.16. The summed E-state index contributed by atoms with van der Waals surface area (Å²) in [4.78, 5) is 12.4. The van der Waals surface area contributed by atoms with Crippen LogP contribution in [-0.4, -0.2) is 30.4 Å². The number of rotatable bonds is 6. The summed E-state index contributed by atoms with van der Waals surface area (Å²) in [5.74, 6) is -0.153. The number of Topliss-reactive ketones (excluding diaryl/α,β-unsaturated/α-hetero) is 1. The molecule has 106 valence electrons. The molecule has 19 heavy (non-hydrogen) atoms. The first-order valence-corrected chi connectivity index (χ1v) is 9.18. The van der Waals surface area contributed by atoms with Crippen LogP contribution in [0.5, 0.6) is 0 Å². The van der Waals surface area contributed by atoms with Gasteiger partial charge in [-0.1, -0.05) is 13.8 Å². The largest absolute Gasteiger partial charge is 0.298 e. The second kappa shape index (κ2) is 6.43. The molecule has 2 atom stereocenters. The van der Waals surface area contributed by atoms with Crippen molar-refractivity contribution >= 4 is 26.4 Å². The molecule has 0 aliphatic carbocycles. The number of hydrogen-bond acceptors (Lipinski definition) is 4. The minimum atomic E-state index is -3.25. The predicted molar refractivity (Wildman–Crippen MR) is 75.3 cm³/mol. The smallest absolute Gasteiger partial charge is 0.175 e. The van der Waals surface area contributed by atoms with Crippen molar-refractivity contribution in [3.63, 3.8) is 0 Å². The Labute approximate surface area is 116 Å². The molecule has 0 bridgehead atoms. The summed E-state index contributed by atoms with van der Waals surface area (Å²) < 4.78 is 34.6. The van der Waals surface area contributed by atoms with Gasteiger partial charge in [-0.3, -0.25) is 9.00 Å². The van der Waals surface area contributed by atoms with Crippen molar-refractivity contribution in [1.82, 2.24) is 0 Å². The maximum Gasteiger partial charge on any atom is 0.175 e. The molecule has 0 spiro atoms. The number of carbonyl (C=O) groups is 1. The van der Waals surface area contributed by atoms with E-state index in [1.807, 2.05) is 13.8 Å². The molecular weight excluding hydrogens is 284 g/mol. The third-order valence-electron chi connectivity index (χ3n) is 2.95. The summed E-state index contributed by atoms with van der Waals surface area (Å²) in [5.41, 5.74) is 0. The lowest BCUT2D eigenvalue weighted by Crippen LogP contribution is -2.18. The fourth-order valence-electron chi connectivity index (χ4n) is 1.42. The average Bonchev–Trinajstić information content (AvgIpc) is 2.36. The first kappa shape index (κ1) is 16.0. The molecular formula is C13H18O4S2. The Bertz CT molecular complexity index is 573. The normalized spacial score (nSPS) is 14.9. The molecule has 0 aromatic heterocycles. The van der Waals surface area contributed by atoms with E-state index in [9.17, 15) is 17.4 Å². The van der Waals surface area contributed by atoms with Gasteiger partial charge in [-0.25, -0.2) is 8.42 Å². The molecule has 0 N–H and O–H groups in total. The van der Waals surface area contributed by atoms with Gasteiger partial charge < -0.3 is 0 Å². The van der Waals surface area contributed by atoms with E-state index in [0.717, 1.165) is 12.7 Å². The summed E-state index contributed by atoms with van der Waals surface area (Å²) in [6, 6.07) is 5.82. The lowest BCUT2D eigenvalue weighted by Gasteiger charge is -2.07. The molecule has 1 aromatic carbocycles. The molecule has 4 nitrogen and oxygen atoms in total. The van der Waals surface area contributed by atoms with Crippen molar-refractivity contribution in [3.8, 4) is 0 Å². The van der Waals surface area contributed by atoms with Crippen LogP contribution >= 0.6 is 0 Å². The van der Waals surface area contributed by atoms with E-state index in [0.29, 0.717) is 4.90 Å². The predicted octanol–water partition coefficient (Wildman–Crippen LogP) is 1.81. The van der Waals surface area contributed by atoms with Crippen molar-refractivity contribution < 1.29 is 17.4 Å². The van der Waals surface area contributed by atoms with Crippen molar-refractivity contribution in [1.29, 1.82) is 0 Å². The first-order chi connectivity index (χ1) is 8.75. The molecule has 0 aliphatic heterocycles. The Morgan fingerprint density at radius 1 is 1.26 bits per heavy atom. The van der Waals surface area contributed by atoms with Crippen LogP contribution < -0.4 is 0 Å². The maximum atomic E-state index is 12.0. The maximum absolute atomic E-state index is 12.0. The van der Waals surface area contributed by atoms with Crippen molar-refractivity contribution in [2.75, 3.05) is 12.0 Å². The second-order valence-electron chi connectivity index (χ2n) is 4.51. The van der Waals surface area contributed by atoms with Gasteiger partial charge >= 0.3 is 0 Å². The van der Waals surface area contributed by atoms with Gasteiger partial charge in [0.25, 0.3) is 0 Å². The Morgan fingerprint density at radius 2 is 1.79 bits per heavy atom. The summed E-state index contributed by atoms with van der Waals surface area (Å²) >= 11 is 0. The van der Waals surface area contributed by atoms with Gasteiger partial charge in [-0.2, -0.15) is 0 Å². The van der Waals surface area contributed by atoms with E-state index < -0.39 is 20.6 Å². The van der Waals surface area contributed by atoms with Gasteiger partial charge in [-0.15, -0.1) is 0 Å². The molecule has 1 aromatic rings. The van der Waals surface area contributed by atoms with Crippen LogP contribution in [0.1, 0.15) is 20.3 Å². The minimum absolute atomic E-state index is 0.0206. The quantitative estimate of drug-likeness (QED) is 0.803. The highest BCUT2D eigenvalue weighted by Crippen LogP contribution is 2.14. The SMILES string of the molecule is CCC(C)C(=O)CS(=O)c1ccc(S(C)(=O)=O)cc1. The standard InChI is InChI=1S/C13H18O4S2/c1-4-10(2)13(14)9-18(15)11-5-7-12(8-6-11)19(3,16)17/h5-8,10H,4,9H2,1-3H3. The molecule has 6 heteroatoms. The number of benzene rings is 1. The molecule has 0 saturated heterocycles. The van der Waals surface area contributed by atoms with Gasteiger partial charge in [-0.05, 0) is 30.7 Å². The van der Waals surface area contributed by atoms with Crippen LogP contribution in [-0.2, 0) is 25.4 Å². The average molecular weight is 302 g/mol. The summed E-state index contributed by atoms with van der Waals surface area (Å²) in [5, 5.41) is 0. The fraction of sp³-hybridized carbons (Fsp3) is 0.462. The summed E-state index contributed by atoms with van der Waals surface area (Å²) in [6.45, 7) is 3.72. The van der Waals surface area contributed by atoms with Gasteiger partial charge in [0.05, 0.1) is 21.4 Å². The molecule has 0 fully saturated rings. The third-order valence-corrected chi connectivity index (χ3v) is 5.42. The summed E-state index contributed by atoms with van der Waals surface area (Å²) in [6.07, 6.45) is 1.84. The molecule has 0 heterocycles. The molecule has 0 aliphatic rings. The zero-order valence-corrected chi connectivity index (χ0v) is 12.9. The highest BCUT2D eigenvalue weighted by molar-refractivity contribution is 7.90. The van der Waals surface area contributed by atoms with Gasteiger partial charge in [0, 0.05) is 17.1 Å². The van der Waals surface area contributed by atoms with Crippen molar-refractivity contribution in [2.24, 2.45) is 5.92 Å². The lowest BCUT2D eigenvalue weighted by molar-refractivity contribution is -0.119. The van der Waals surface area contributed by atoms with Crippen molar-refractivity contribution in [2.45, 2.75) is 30.1 Å². The van der Waals surface area contributed by atoms with Crippen molar-refractivity contribution in [3.05, 3.63) is 24.3 Å². The van der Waals surface area contributed by atoms with Crippen LogP contribution in [0, 0.1) is 5.92 Å². The van der Waals surface area contributed by atoms with Gasteiger partial charge in [0.2, 0.25) is 0 Å². The number of carbonyl (C=O) groups excluding carboxylic acids is 1. The zero-order valence-electron chi connectivity index (χ0n) is 11.3. The summed E-state index contributed by atoms with van der Waals surface area (Å²) in [7, 11) is -4.67. The zero-order chi connectivity index (χ0) is 14.6. The molecule has 0 saturated carbocycles. The number of hydrogen-bond donors (Lipinski definition) is 0. The first-order valence-electron chi connectivity index (χ1n) is 5.97. The second-order valence-corrected chi connectivity index (χ2v) is 7.98. The van der Waals surface area contributed by atoms with E-state index in [2.05, 4.69) is 0 Å². The van der Waals surface area contributed by atoms with E-state index in [4.69, 9.17) is 0 Å². The third kappa shape index (κ3) is 4.54. The lowest BCUT2D eigenvalue weighted by atomic mass is 10.1. The molecule has 0 amide bonds. The van der Waals surface area contributed by atoms with Crippen LogP contribution in [0.4, 0.5) is 0 Å². The van der Waals surface area contributed by atoms with Crippen LogP contribution in [0.3, 0.4) is 0 Å². The molecule has 0 radical (unpaired) electrons. The Balaban J connectivity index is 2.82. The van der Waals surface area contributed by atoms with Crippen LogP contribution in [0.25, 0.3) is 0 Å². The van der Waals surface area contributed by atoms with E-state index in [-0.39, 0.29) is 22.3 Å². The Morgan fingerprint density at radius 3 is 2.21 bits per heavy atom. The number of sulfone groups is 1.